The molecule has 0 unspecified atom stereocenters. The zero-order valence-corrected chi connectivity index (χ0v) is 6.62. The molecular formula is C9H9N3. The lowest BCUT2D eigenvalue weighted by atomic mass is 10.3. The molecule has 3 nitrogen and oxygen atoms in total. The molecule has 0 spiro atoms. The van der Waals surface area contributed by atoms with Crippen LogP contribution in [0.5, 0.6) is 0 Å². The monoisotopic (exact) mass is 159 g/mol. The predicted octanol–water partition coefficient (Wildman–Crippen LogP) is 1.53. The van der Waals surface area contributed by atoms with Crippen molar-refractivity contribution >= 4 is 5.82 Å². The van der Waals surface area contributed by atoms with E-state index in [0.717, 1.165) is 5.82 Å². The number of nitrogens with one attached hydrogen (secondary N) is 1. The second kappa shape index (κ2) is 2.82. The summed E-state index contributed by atoms with van der Waals surface area (Å²) in [4.78, 5) is 4.10. The SMILES string of the molecule is N#Cc1cccnc1NC1CC1. The number of nitriles is 1. The molecule has 0 saturated heterocycles. The van der Waals surface area contributed by atoms with Gasteiger partial charge in [0.15, 0.2) is 0 Å². The van der Waals surface area contributed by atoms with Gasteiger partial charge in [-0.15, -0.1) is 0 Å². The fourth-order valence-electron chi connectivity index (χ4n) is 1.03. The van der Waals surface area contributed by atoms with Gasteiger partial charge in [-0.2, -0.15) is 5.26 Å². The molecule has 0 radical (unpaired) electrons. The molecule has 1 aromatic rings. The summed E-state index contributed by atoms with van der Waals surface area (Å²) in [5.41, 5.74) is 0.629. The number of hydrogen-bond donors (Lipinski definition) is 1. The van der Waals surface area contributed by atoms with E-state index >= 15 is 0 Å². The molecule has 1 fully saturated rings. The van der Waals surface area contributed by atoms with E-state index in [2.05, 4.69) is 16.4 Å². The van der Waals surface area contributed by atoms with Gasteiger partial charge in [0.05, 0.1) is 5.56 Å². The van der Waals surface area contributed by atoms with E-state index in [-0.39, 0.29) is 0 Å². The van der Waals surface area contributed by atoms with Gasteiger partial charge in [0, 0.05) is 12.2 Å². The van der Waals surface area contributed by atoms with E-state index < -0.39 is 0 Å². The van der Waals surface area contributed by atoms with Gasteiger partial charge in [0.25, 0.3) is 0 Å². The first kappa shape index (κ1) is 7.11. The summed E-state index contributed by atoms with van der Waals surface area (Å²) in [7, 11) is 0. The lowest BCUT2D eigenvalue weighted by molar-refractivity contribution is 1.11. The molecule has 3 heteroatoms. The van der Waals surface area contributed by atoms with Crippen LogP contribution < -0.4 is 5.32 Å². The second-order valence-electron chi connectivity index (χ2n) is 2.93. The molecule has 0 aliphatic heterocycles. The molecule has 1 aliphatic rings. The summed E-state index contributed by atoms with van der Waals surface area (Å²) in [6, 6.07) is 6.20. The van der Waals surface area contributed by atoms with Crippen LogP contribution >= 0.6 is 0 Å². The van der Waals surface area contributed by atoms with Crippen LogP contribution in [0.15, 0.2) is 18.3 Å². The number of anilines is 1. The highest BCUT2D eigenvalue weighted by Gasteiger charge is 2.22. The van der Waals surface area contributed by atoms with Gasteiger partial charge in [0.2, 0.25) is 0 Å². The van der Waals surface area contributed by atoms with Crippen LogP contribution in [0.2, 0.25) is 0 Å². The van der Waals surface area contributed by atoms with E-state index in [1.165, 1.54) is 12.8 Å². The van der Waals surface area contributed by atoms with Crippen molar-refractivity contribution in [3.8, 4) is 6.07 Å². The molecule has 1 aromatic heterocycles. The number of rotatable bonds is 2. The number of pyridine rings is 1. The minimum absolute atomic E-state index is 0.548. The van der Waals surface area contributed by atoms with Crippen LogP contribution in [-0.2, 0) is 0 Å². The summed E-state index contributed by atoms with van der Waals surface area (Å²) in [6.07, 6.45) is 4.09. The number of nitrogens with zero attached hydrogens (tertiary/aromatic N) is 2. The van der Waals surface area contributed by atoms with Crippen molar-refractivity contribution in [2.45, 2.75) is 18.9 Å². The van der Waals surface area contributed by atoms with E-state index in [0.29, 0.717) is 11.6 Å². The quantitative estimate of drug-likeness (QED) is 0.711. The van der Waals surface area contributed by atoms with Gasteiger partial charge in [-0.3, -0.25) is 0 Å². The van der Waals surface area contributed by atoms with Crippen LogP contribution in [0.3, 0.4) is 0 Å². The van der Waals surface area contributed by atoms with Crippen LogP contribution in [-0.4, -0.2) is 11.0 Å². The van der Waals surface area contributed by atoms with Crippen LogP contribution in [0, 0.1) is 11.3 Å². The second-order valence-corrected chi connectivity index (χ2v) is 2.93. The van der Waals surface area contributed by atoms with E-state index in [9.17, 15) is 0 Å². The molecule has 60 valence electrons. The summed E-state index contributed by atoms with van der Waals surface area (Å²) in [5.74, 6) is 0.725. The lowest BCUT2D eigenvalue weighted by Gasteiger charge is -2.03. The Kier molecular flexibility index (Phi) is 1.67. The first-order valence-electron chi connectivity index (χ1n) is 4.02. The van der Waals surface area contributed by atoms with Gasteiger partial charge in [-0.1, -0.05) is 0 Å². The molecule has 12 heavy (non-hydrogen) atoms. The molecule has 0 bridgehead atoms. The van der Waals surface area contributed by atoms with Gasteiger partial charge in [-0.05, 0) is 25.0 Å². The number of aromatic nitrogens is 1. The molecule has 1 saturated carbocycles. The minimum Gasteiger partial charge on any atom is -0.366 e. The number of hydrogen-bond acceptors (Lipinski definition) is 3. The Morgan fingerprint density at radius 2 is 2.42 bits per heavy atom. The summed E-state index contributed by atoms with van der Waals surface area (Å²) < 4.78 is 0. The Morgan fingerprint density at radius 3 is 3.08 bits per heavy atom. The molecule has 0 atom stereocenters. The zero-order valence-electron chi connectivity index (χ0n) is 6.62. The highest BCUT2D eigenvalue weighted by molar-refractivity contribution is 5.52. The van der Waals surface area contributed by atoms with Gasteiger partial charge in [0.1, 0.15) is 11.9 Å². The van der Waals surface area contributed by atoms with Crippen LogP contribution in [0.1, 0.15) is 18.4 Å². The minimum atomic E-state index is 0.548. The van der Waals surface area contributed by atoms with Crippen molar-refractivity contribution in [1.82, 2.24) is 4.98 Å². The summed E-state index contributed by atoms with van der Waals surface area (Å²) >= 11 is 0. The Bertz CT molecular complexity index is 323. The van der Waals surface area contributed by atoms with E-state index in [4.69, 9.17) is 5.26 Å². The molecule has 0 amide bonds. The summed E-state index contributed by atoms with van der Waals surface area (Å²) in [5, 5.41) is 11.9. The first-order chi connectivity index (χ1) is 5.90. The van der Waals surface area contributed by atoms with Gasteiger partial charge < -0.3 is 5.32 Å². The largest absolute Gasteiger partial charge is 0.366 e. The third-order valence-corrected chi connectivity index (χ3v) is 1.85. The normalized spacial score (nSPS) is 15.2. The third-order valence-electron chi connectivity index (χ3n) is 1.85. The Morgan fingerprint density at radius 1 is 1.58 bits per heavy atom. The Hall–Kier alpha value is -1.56. The van der Waals surface area contributed by atoms with Gasteiger partial charge >= 0.3 is 0 Å². The predicted molar refractivity (Wildman–Crippen MR) is 45.6 cm³/mol. The van der Waals surface area contributed by atoms with Crippen LogP contribution in [0.25, 0.3) is 0 Å². The third kappa shape index (κ3) is 1.37. The van der Waals surface area contributed by atoms with Gasteiger partial charge in [-0.25, -0.2) is 4.98 Å². The topological polar surface area (TPSA) is 48.7 Å². The fraction of sp³-hybridized carbons (Fsp3) is 0.333. The smallest absolute Gasteiger partial charge is 0.144 e. The standard InChI is InChI=1S/C9H9N3/c10-6-7-2-1-5-11-9(7)12-8-3-4-8/h1-2,5,8H,3-4H2,(H,11,12). The molecular weight excluding hydrogens is 150 g/mol. The first-order valence-corrected chi connectivity index (χ1v) is 4.02. The lowest BCUT2D eigenvalue weighted by Crippen LogP contribution is -2.04. The maximum absolute atomic E-state index is 8.72. The van der Waals surface area contributed by atoms with Crippen molar-refractivity contribution < 1.29 is 0 Å². The van der Waals surface area contributed by atoms with E-state index in [1.807, 2.05) is 0 Å². The zero-order chi connectivity index (χ0) is 8.39. The Labute approximate surface area is 71.0 Å². The summed E-state index contributed by atoms with van der Waals surface area (Å²) in [6.45, 7) is 0. The van der Waals surface area contributed by atoms with Crippen LogP contribution in [0.4, 0.5) is 5.82 Å². The van der Waals surface area contributed by atoms with E-state index in [1.54, 1.807) is 18.3 Å². The molecule has 1 aliphatic carbocycles. The van der Waals surface area contributed by atoms with Crippen molar-refractivity contribution in [2.24, 2.45) is 0 Å². The average Bonchev–Trinajstić information content (AvgIpc) is 2.89. The maximum Gasteiger partial charge on any atom is 0.144 e. The average molecular weight is 159 g/mol. The molecule has 2 rings (SSSR count). The highest BCUT2D eigenvalue weighted by atomic mass is 15.0. The molecule has 1 N–H and O–H groups in total. The van der Waals surface area contributed by atoms with Crippen molar-refractivity contribution in [1.29, 1.82) is 5.26 Å². The van der Waals surface area contributed by atoms with Crippen molar-refractivity contribution in [3.05, 3.63) is 23.9 Å². The highest BCUT2D eigenvalue weighted by Crippen LogP contribution is 2.24. The fourth-order valence-corrected chi connectivity index (χ4v) is 1.03. The Balaban J connectivity index is 2.22. The maximum atomic E-state index is 8.72. The molecule has 1 heterocycles. The van der Waals surface area contributed by atoms with Crippen molar-refractivity contribution in [3.63, 3.8) is 0 Å². The van der Waals surface area contributed by atoms with Crippen molar-refractivity contribution in [2.75, 3.05) is 5.32 Å². The molecule has 0 aromatic carbocycles.